The van der Waals surface area contributed by atoms with Crippen molar-refractivity contribution < 1.29 is 0 Å². The largest absolute Gasteiger partial charge is 0.337 e. The van der Waals surface area contributed by atoms with Gasteiger partial charge in [-0.3, -0.25) is 0 Å². The Morgan fingerprint density at radius 1 is 1.53 bits per heavy atom. The first-order chi connectivity index (χ1) is 7.25. The smallest absolute Gasteiger partial charge is 0.122 e. The standard InChI is InChI=1S/C10H12ClN3S/c1-14-3-2-13-10(14)6-12-5-9-4-8(11)7-15-9/h2-4,7,12H,5-6H2,1H3. The molecule has 3 nitrogen and oxygen atoms in total. The normalized spacial score (nSPS) is 10.8. The minimum Gasteiger partial charge on any atom is -0.337 e. The van der Waals surface area contributed by atoms with Crippen LogP contribution in [0.25, 0.3) is 0 Å². The molecule has 2 heterocycles. The second-order valence-corrected chi connectivity index (χ2v) is 4.72. The van der Waals surface area contributed by atoms with E-state index in [-0.39, 0.29) is 0 Å². The van der Waals surface area contributed by atoms with E-state index in [9.17, 15) is 0 Å². The quantitative estimate of drug-likeness (QED) is 0.891. The monoisotopic (exact) mass is 241 g/mol. The van der Waals surface area contributed by atoms with Crippen LogP contribution in [0.4, 0.5) is 0 Å². The number of imidazole rings is 1. The van der Waals surface area contributed by atoms with Crippen LogP contribution in [0.2, 0.25) is 5.02 Å². The second kappa shape index (κ2) is 4.79. The predicted octanol–water partition coefficient (Wildman–Crippen LogP) is 2.42. The van der Waals surface area contributed by atoms with Crippen LogP contribution in [-0.2, 0) is 20.1 Å². The van der Waals surface area contributed by atoms with Gasteiger partial charge in [0.15, 0.2) is 0 Å². The molecule has 0 bridgehead atoms. The van der Waals surface area contributed by atoms with Crippen LogP contribution in [-0.4, -0.2) is 9.55 Å². The summed E-state index contributed by atoms with van der Waals surface area (Å²) >= 11 is 7.50. The molecule has 0 atom stereocenters. The summed E-state index contributed by atoms with van der Waals surface area (Å²) in [7, 11) is 1.99. The maximum atomic E-state index is 5.83. The summed E-state index contributed by atoms with van der Waals surface area (Å²) in [4.78, 5) is 5.47. The molecular weight excluding hydrogens is 230 g/mol. The van der Waals surface area contributed by atoms with E-state index in [0.717, 1.165) is 23.9 Å². The molecule has 0 aliphatic carbocycles. The minimum absolute atomic E-state index is 0.777. The first kappa shape index (κ1) is 10.7. The van der Waals surface area contributed by atoms with Gasteiger partial charge < -0.3 is 9.88 Å². The zero-order valence-corrected chi connectivity index (χ0v) is 9.98. The molecule has 0 unspecified atom stereocenters. The Labute approximate surface area is 97.7 Å². The highest BCUT2D eigenvalue weighted by atomic mass is 35.5. The number of nitrogens with one attached hydrogen (secondary N) is 1. The number of aryl methyl sites for hydroxylation is 1. The summed E-state index contributed by atoms with van der Waals surface area (Å²) in [5.41, 5.74) is 0. The van der Waals surface area contributed by atoms with Crippen LogP contribution >= 0.6 is 22.9 Å². The van der Waals surface area contributed by atoms with Crippen molar-refractivity contribution in [1.29, 1.82) is 0 Å². The third kappa shape index (κ3) is 2.81. The molecule has 5 heteroatoms. The number of halogens is 1. The Kier molecular flexibility index (Phi) is 3.41. The Morgan fingerprint density at radius 2 is 2.40 bits per heavy atom. The van der Waals surface area contributed by atoms with E-state index >= 15 is 0 Å². The van der Waals surface area contributed by atoms with Gasteiger partial charge in [-0.05, 0) is 6.07 Å². The van der Waals surface area contributed by atoms with E-state index in [1.54, 1.807) is 17.5 Å². The molecule has 0 aromatic carbocycles. The number of rotatable bonds is 4. The molecule has 0 amide bonds. The Hall–Kier alpha value is -0.840. The van der Waals surface area contributed by atoms with Gasteiger partial charge in [-0.2, -0.15) is 0 Å². The summed E-state index contributed by atoms with van der Waals surface area (Å²) in [6.07, 6.45) is 3.75. The van der Waals surface area contributed by atoms with E-state index in [0.29, 0.717) is 0 Å². The predicted molar refractivity (Wildman–Crippen MR) is 63.1 cm³/mol. The third-order valence-electron chi connectivity index (χ3n) is 2.13. The van der Waals surface area contributed by atoms with Crippen molar-refractivity contribution in [2.75, 3.05) is 0 Å². The third-order valence-corrected chi connectivity index (χ3v) is 3.41. The van der Waals surface area contributed by atoms with Crippen LogP contribution in [0.5, 0.6) is 0 Å². The van der Waals surface area contributed by atoms with Gasteiger partial charge in [-0.25, -0.2) is 4.98 Å². The lowest BCUT2D eigenvalue weighted by atomic mass is 10.4. The maximum Gasteiger partial charge on any atom is 0.122 e. The van der Waals surface area contributed by atoms with Crippen molar-refractivity contribution in [3.63, 3.8) is 0 Å². The van der Waals surface area contributed by atoms with Gasteiger partial charge in [0.2, 0.25) is 0 Å². The highest BCUT2D eigenvalue weighted by Gasteiger charge is 2.00. The second-order valence-electron chi connectivity index (χ2n) is 3.29. The van der Waals surface area contributed by atoms with Crippen molar-refractivity contribution in [2.45, 2.75) is 13.1 Å². The van der Waals surface area contributed by atoms with Crippen LogP contribution < -0.4 is 5.32 Å². The molecule has 0 aliphatic heterocycles. The van der Waals surface area contributed by atoms with E-state index in [4.69, 9.17) is 11.6 Å². The van der Waals surface area contributed by atoms with Crippen molar-refractivity contribution >= 4 is 22.9 Å². The molecule has 0 radical (unpaired) electrons. The summed E-state index contributed by atoms with van der Waals surface area (Å²) in [5, 5.41) is 6.08. The topological polar surface area (TPSA) is 29.9 Å². The maximum absolute atomic E-state index is 5.83. The molecule has 0 saturated carbocycles. The highest BCUT2D eigenvalue weighted by molar-refractivity contribution is 7.10. The van der Waals surface area contributed by atoms with E-state index < -0.39 is 0 Å². The Balaban J connectivity index is 1.83. The average molecular weight is 242 g/mol. The fraction of sp³-hybridized carbons (Fsp3) is 0.300. The van der Waals surface area contributed by atoms with Crippen molar-refractivity contribution in [2.24, 2.45) is 7.05 Å². The SMILES string of the molecule is Cn1ccnc1CNCc1cc(Cl)cs1. The highest BCUT2D eigenvalue weighted by Crippen LogP contribution is 2.18. The molecule has 80 valence electrons. The van der Waals surface area contributed by atoms with Gasteiger partial charge in [0.05, 0.1) is 11.6 Å². The molecule has 2 aromatic rings. The van der Waals surface area contributed by atoms with Crippen molar-refractivity contribution in [3.8, 4) is 0 Å². The lowest BCUT2D eigenvalue weighted by Gasteiger charge is -2.02. The number of nitrogens with zero attached hydrogens (tertiary/aromatic N) is 2. The minimum atomic E-state index is 0.777. The van der Waals surface area contributed by atoms with Crippen molar-refractivity contribution in [1.82, 2.24) is 14.9 Å². The van der Waals surface area contributed by atoms with Crippen LogP contribution in [0.3, 0.4) is 0 Å². The number of hydrogen-bond donors (Lipinski definition) is 1. The van der Waals surface area contributed by atoms with E-state index in [1.807, 2.05) is 29.3 Å². The molecular formula is C10H12ClN3S. The first-order valence-corrected chi connectivity index (χ1v) is 5.91. The Bertz CT molecular complexity index is 435. The van der Waals surface area contributed by atoms with Gasteiger partial charge in [0.25, 0.3) is 0 Å². The van der Waals surface area contributed by atoms with Gasteiger partial charge in [0, 0.05) is 36.2 Å². The lowest BCUT2D eigenvalue weighted by Crippen LogP contribution is -2.14. The molecule has 2 rings (SSSR count). The molecule has 2 aromatic heterocycles. The summed E-state index contributed by atoms with van der Waals surface area (Å²) < 4.78 is 2.01. The van der Waals surface area contributed by atoms with Gasteiger partial charge >= 0.3 is 0 Å². The van der Waals surface area contributed by atoms with Crippen LogP contribution in [0, 0.1) is 0 Å². The summed E-state index contributed by atoms with van der Waals surface area (Å²) in [6, 6.07) is 1.98. The van der Waals surface area contributed by atoms with E-state index in [2.05, 4.69) is 10.3 Å². The number of hydrogen-bond acceptors (Lipinski definition) is 3. The molecule has 0 aliphatic rings. The summed E-state index contributed by atoms with van der Waals surface area (Å²) in [6.45, 7) is 1.61. The van der Waals surface area contributed by atoms with Gasteiger partial charge in [-0.15, -0.1) is 11.3 Å². The first-order valence-electron chi connectivity index (χ1n) is 4.65. The fourth-order valence-electron chi connectivity index (χ4n) is 1.31. The van der Waals surface area contributed by atoms with Crippen molar-refractivity contribution in [3.05, 3.63) is 39.6 Å². The molecule has 0 spiro atoms. The Morgan fingerprint density at radius 3 is 3.00 bits per heavy atom. The number of thiophene rings is 1. The van der Waals surface area contributed by atoms with Crippen LogP contribution in [0.15, 0.2) is 23.8 Å². The molecule has 15 heavy (non-hydrogen) atoms. The van der Waals surface area contributed by atoms with Crippen LogP contribution in [0.1, 0.15) is 10.7 Å². The molecule has 0 saturated heterocycles. The molecule has 0 fully saturated rings. The zero-order valence-electron chi connectivity index (χ0n) is 8.40. The average Bonchev–Trinajstić information content (AvgIpc) is 2.77. The van der Waals surface area contributed by atoms with Gasteiger partial charge in [-0.1, -0.05) is 11.6 Å². The number of aromatic nitrogens is 2. The van der Waals surface area contributed by atoms with Gasteiger partial charge in [0.1, 0.15) is 5.82 Å². The lowest BCUT2D eigenvalue weighted by molar-refractivity contribution is 0.643. The fourth-order valence-corrected chi connectivity index (χ4v) is 2.35. The zero-order chi connectivity index (χ0) is 10.7. The summed E-state index contributed by atoms with van der Waals surface area (Å²) in [5.74, 6) is 1.04. The molecule has 1 N–H and O–H groups in total. The van der Waals surface area contributed by atoms with E-state index in [1.165, 1.54) is 4.88 Å².